The van der Waals surface area contributed by atoms with Crippen LogP contribution in [-0.2, 0) is 9.53 Å². The molecule has 4 atom stereocenters. The zero-order valence-electron chi connectivity index (χ0n) is 17.7. The molecule has 0 unspecified atom stereocenters. The van der Waals surface area contributed by atoms with E-state index in [1.807, 2.05) is 31.1 Å². The first-order valence-electron chi connectivity index (χ1n) is 10.3. The van der Waals surface area contributed by atoms with Gasteiger partial charge in [0.05, 0.1) is 18.2 Å². The summed E-state index contributed by atoms with van der Waals surface area (Å²) in [6.07, 6.45) is 2.33. The Morgan fingerprint density at radius 3 is 2.83 bits per heavy atom. The smallest absolute Gasteiger partial charge is 0.272 e. The molecule has 1 aromatic heterocycles. The summed E-state index contributed by atoms with van der Waals surface area (Å²) in [6.45, 7) is 2.70. The number of likely N-dealkylation sites (N-methyl/N-ethyl adjacent to an activating group) is 1. The Kier molecular flexibility index (Phi) is 5.25. The topological polar surface area (TPSA) is 78.0 Å². The summed E-state index contributed by atoms with van der Waals surface area (Å²) in [7, 11) is 7.26. The van der Waals surface area contributed by atoms with Crippen LogP contribution in [0.4, 0.5) is 5.82 Å². The number of hydrogen-bond donors (Lipinski definition) is 1. The number of nitrogens with one attached hydrogen (secondary N) is 1. The Bertz CT molecular complexity index is 798. The van der Waals surface area contributed by atoms with Gasteiger partial charge in [0, 0.05) is 45.6 Å². The molecule has 2 bridgehead atoms. The van der Waals surface area contributed by atoms with Crippen LogP contribution in [0.2, 0.25) is 0 Å². The second-order valence-electron chi connectivity index (χ2n) is 9.03. The predicted molar refractivity (Wildman–Crippen MR) is 110 cm³/mol. The molecule has 2 amide bonds. The highest BCUT2D eigenvalue weighted by molar-refractivity contribution is 5.92. The van der Waals surface area contributed by atoms with Crippen LogP contribution in [-0.4, -0.2) is 92.7 Å². The average Bonchev–Trinajstić information content (AvgIpc) is 3.33. The van der Waals surface area contributed by atoms with E-state index in [1.165, 1.54) is 0 Å². The van der Waals surface area contributed by atoms with Crippen LogP contribution in [0.25, 0.3) is 0 Å². The number of rotatable bonds is 6. The molecule has 158 valence electrons. The van der Waals surface area contributed by atoms with Crippen molar-refractivity contribution in [1.29, 1.82) is 0 Å². The molecule has 1 N–H and O–H groups in total. The summed E-state index contributed by atoms with van der Waals surface area (Å²) in [5.74, 6) is 1.48. The normalized spacial score (nSPS) is 30.0. The summed E-state index contributed by atoms with van der Waals surface area (Å²) >= 11 is 0. The first-order valence-corrected chi connectivity index (χ1v) is 10.3. The second-order valence-corrected chi connectivity index (χ2v) is 9.03. The third-order valence-electron chi connectivity index (χ3n) is 6.46. The number of carbonyl (C=O) groups excluding carboxylic acids is 2. The van der Waals surface area contributed by atoms with Gasteiger partial charge in [0.1, 0.15) is 11.5 Å². The van der Waals surface area contributed by atoms with Gasteiger partial charge in [-0.2, -0.15) is 0 Å². The summed E-state index contributed by atoms with van der Waals surface area (Å²) in [6, 6.07) is 5.61. The number of fused-ring (bicyclic) bond motifs is 1. The quantitative estimate of drug-likeness (QED) is 0.746. The van der Waals surface area contributed by atoms with E-state index in [2.05, 4.69) is 15.2 Å². The van der Waals surface area contributed by atoms with E-state index in [9.17, 15) is 9.59 Å². The van der Waals surface area contributed by atoms with Crippen molar-refractivity contribution in [1.82, 2.24) is 20.1 Å². The molecule has 1 aromatic rings. The fourth-order valence-electron chi connectivity index (χ4n) is 5.16. The Labute approximate surface area is 172 Å². The molecule has 4 heterocycles. The van der Waals surface area contributed by atoms with Gasteiger partial charge < -0.3 is 24.8 Å². The van der Waals surface area contributed by atoms with Crippen LogP contribution < -0.4 is 10.2 Å². The Morgan fingerprint density at radius 2 is 2.10 bits per heavy atom. The van der Waals surface area contributed by atoms with Crippen LogP contribution in [0.1, 0.15) is 23.3 Å². The highest BCUT2D eigenvalue weighted by atomic mass is 16.5. The van der Waals surface area contributed by atoms with E-state index >= 15 is 0 Å². The van der Waals surface area contributed by atoms with Crippen LogP contribution >= 0.6 is 0 Å². The zero-order chi connectivity index (χ0) is 20.8. The molecule has 3 saturated heterocycles. The Balaban J connectivity index is 1.47. The van der Waals surface area contributed by atoms with Crippen LogP contribution in [0.3, 0.4) is 0 Å². The van der Waals surface area contributed by atoms with Gasteiger partial charge in [-0.1, -0.05) is 6.07 Å². The van der Waals surface area contributed by atoms with Gasteiger partial charge >= 0.3 is 0 Å². The molecule has 3 aliphatic heterocycles. The van der Waals surface area contributed by atoms with E-state index in [4.69, 9.17) is 4.74 Å². The molecule has 0 aliphatic carbocycles. The van der Waals surface area contributed by atoms with Crippen molar-refractivity contribution < 1.29 is 14.3 Å². The average molecular weight is 402 g/mol. The van der Waals surface area contributed by atoms with Crippen molar-refractivity contribution in [2.24, 2.45) is 11.8 Å². The van der Waals surface area contributed by atoms with Crippen molar-refractivity contribution in [3.05, 3.63) is 23.9 Å². The highest BCUT2D eigenvalue weighted by Gasteiger charge is 2.63. The van der Waals surface area contributed by atoms with Crippen LogP contribution in [0, 0.1) is 11.8 Å². The van der Waals surface area contributed by atoms with Crippen LogP contribution in [0.5, 0.6) is 0 Å². The molecule has 8 nitrogen and oxygen atoms in total. The number of anilines is 1. The van der Waals surface area contributed by atoms with Gasteiger partial charge in [0.15, 0.2) is 0 Å². The highest BCUT2D eigenvalue weighted by Crippen LogP contribution is 2.55. The lowest BCUT2D eigenvalue weighted by molar-refractivity contribution is -0.122. The van der Waals surface area contributed by atoms with Gasteiger partial charge in [-0.05, 0) is 39.1 Å². The van der Waals surface area contributed by atoms with Crippen molar-refractivity contribution >= 4 is 17.6 Å². The third-order valence-corrected chi connectivity index (χ3v) is 6.46. The number of ether oxygens (including phenoxy) is 1. The fraction of sp³-hybridized carbons (Fsp3) is 0.667. The second kappa shape index (κ2) is 7.57. The van der Waals surface area contributed by atoms with Crippen molar-refractivity contribution in [3.8, 4) is 0 Å². The van der Waals surface area contributed by atoms with E-state index in [-0.39, 0.29) is 23.5 Å². The molecule has 1 spiro atoms. The zero-order valence-corrected chi connectivity index (χ0v) is 17.7. The van der Waals surface area contributed by atoms with Gasteiger partial charge in [-0.25, -0.2) is 4.98 Å². The van der Waals surface area contributed by atoms with Gasteiger partial charge in [0.2, 0.25) is 5.91 Å². The summed E-state index contributed by atoms with van der Waals surface area (Å²) in [4.78, 5) is 34.7. The molecule has 0 aromatic carbocycles. The van der Waals surface area contributed by atoms with E-state index in [1.54, 1.807) is 25.1 Å². The van der Waals surface area contributed by atoms with Crippen LogP contribution in [0.15, 0.2) is 18.2 Å². The first-order chi connectivity index (χ1) is 13.8. The molecule has 3 fully saturated rings. The molecule has 0 saturated carbocycles. The van der Waals surface area contributed by atoms with E-state index < -0.39 is 0 Å². The fourth-order valence-corrected chi connectivity index (χ4v) is 5.16. The Morgan fingerprint density at radius 1 is 1.31 bits per heavy atom. The lowest BCUT2D eigenvalue weighted by Crippen LogP contribution is -2.43. The minimum Gasteiger partial charge on any atom is -0.369 e. The molecule has 8 heteroatoms. The molecular formula is C21H31N5O3. The molecular weight excluding hydrogens is 370 g/mol. The summed E-state index contributed by atoms with van der Waals surface area (Å²) < 4.78 is 6.47. The van der Waals surface area contributed by atoms with Crippen molar-refractivity contribution in [2.45, 2.75) is 24.5 Å². The first kappa shape index (κ1) is 20.1. The number of aromatic nitrogens is 1. The SMILES string of the molecule is CN(C)CC(=O)NC[C@H]1[C@H]2CN(c3cccc(C(=O)N(C)C)n3)C[C@]23CC[C@H]1O3. The molecule has 4 rings (SSSR count). The summed E-state index contributed by atoms with van der Waals surface area (Å²) in [5, 5.41) is 3.10. The van der Waals surface area contributed by atoms with E-state index in [0.29, 0.717) is 30.6 Å². The number of carbonyl (C=O) groups is 2. The molecule has 0 radical (unpaired) electrons. The van der Waals surface area contributed by atoms with E-state index in [0.717, 1.165) is 31.7 Å². The minimum atomic E-state index is -0.148. The molecule has 3 aliphatic rings. The lowest BCUT2D eigenvalue weighted by atomic mass is 9.73. The maximum atomic E-state index is 12.3. The maximum absolute atomic E-state index is 12.3. The monoisotopic (exact) mass is 401 g/mol. The van der Waals surface area contributed by atoms with Crippen molar-refractivity contribution in [2.75, 3.05) is 59.3 Å². The standard InChI is InChI=1S/C21H31N5O3/c1-24(2)12-19(27)22-10-14-15-11-26(13-21(15)9-8-17(14)29-21)18-7-5-6-16(23-18)20(28)25(3)4/h5-7,14-15,17H,8-13H2,1-4H3,(H,22,27)/t14-,15+,17+,21+/m0/s1. The predicted octanol–water partition coefficient (Wildman–Crippen LogP) is 0.445. The number of hydrogen-bond acceptors (Lipinski definition) is 6. The number of nitrogens with zero attached hydrogens (tertiary/aromatic N) is 4. The molecule has 29 heavy (non-hydrogen) atoms. The third kappa shape index (κ3) is 3.71. The number of amides is 2. The largest absolute Gasteiger partial charge is 0.369 e. The summed E-state index contributed by atoms with van der Waals surface area (Å²) in [5.41, 5.74) is 0.310. The van der Waals surface area contributed by atoms with Crippen molar-refractivity contribution in [3.63, 3.8) is 0 Å². The van der Waals surface area contributed by atoms with Gasteiger partial charge in [0.25, 0.3) is 5.91 Å². The Hall–Kier alpha value is -2.19. The minimum absolute atomic E-state index is 0.0539. The maximum Gasteiger partial charge on any atom is 0.272 e. The lowest BCUT2D eigenvalue weighted by Gasteiger charge is -2.29. The van der Waals surface area contributed by atoms with Gasteiger partial charge in [-0.15, -0.1) is 0 Å². The van der Waals surface area contributed by atoms with Gasteiger partial charge in [-0.3, -0.25) is 9.59 Å². The number of pyridine rings is 1.